The second-order valence-corrected chi connectivity index (χ2v) is 5.81. The molecule has 106 valence electrons. The lowest BCUT2D eigenvalue weighted by Crippen LogP contribution is -2.45. The Morgan fingerprint density at radius 3 is 2.68 bits per heavy atom. The lowest BCUT2D eigenvalue weighted by atomic mass is 9.75. The highest BCUT2D eigenvalue weighted by Gasteiger charge is 2.34. The van der Waals surface area contributed by atoms with Gasteiger partial charge in [0.15, 0.2) is 0 Å². The van der Waals surface area contributed by atoms with Gasteiger partial charge in [-0.05, 0) is 49.8 Å². The maximum Gasteiger partial charge on any atom is 0.125 e. The number of benzene rings is 1. The zero-order valence-corrected chi connectivity index (χ0v) is 11.7. The maximum atomic E-state index is 13.2. The highest BCUT2D eigenvalue weighted by Crippen LogP contribution is 2.36. The first-order valence-electron chi connectivity index (χ1n) is 7.32. The van der Waals surface area contributed by atoms with Crippen LogP contribution in [-0.4, -0.2) is 17.3 Å². The molecule has 1 aliphatic carbocycles. The summed E-state index contributed by atoms with van der Waals surface area (Å²) >= 11 is 0. The van der Waals surface area contributed by atoms with Crippen LogP contribution in [0.2, 0.25) is 0 Å². The van der Waals surface area contributed by atoms with E-state index in [1.165, 1.54) is 25.0 Å². The van der Waals surface area contributed by atoms with Crippen LogP contribution in [0, 0.1) is 11.7 Å². The summed E-state index contributed by atoms with van der Waals surface area (Å²) in [4.78, 5) is 0. The van der Waals surface area contributed by atoms with E-state index in [9.17, 15) is 9.50 Å². The minimum Gasteiger partial charge on any atom is -0.394 e. The first-order chi connectivity index (χ1) is 9.17. The van der Waals surface area contributed by atoms with Crippen molar-refractivity contribution in [1.82, 2.24) is 0 Å². The van der Waals surface area contributed by atoms with Gasteiger partial charge in [-0.25, -0.2) is 4.39 Å². The van der Waals surface area contributed by atoms with Crippen LogP contribution in [0.25, 0.3) is 0 Å². The number of halogens is 1. The Bertz CT molecular complexity index is 399. The molecule has 0 atom stereocenters. The van der Waals surface area contributed by atoms with Crippen molar-refractivity contribution < 1.29 is 9.50 Å². The number of rotatable bonds is 5. The van der Waals surface area contributed by atoms with Crippen LogP contribution in [0.5, 0.6) is 0 Å². The fourth-order valence-corrected chi connectivity index (χ4v) is 3.12. The van der Waals surface area contributed by atoms with Crippen molar-refractivity contribution in [2.24, 2.45) is 5.92 Å². The molecule has 1 aliphatic rings. The number of hydrogen-bond donors (Lipinski definition) is 2. The van der Waals surface area contributed by atoms with Crippen molar-refractivity contribution in [1.29, 1.82) is 0 Å². The Morgan fingerprint density at radius 1 is 1.37 bits per heavy atom. The average Bonchev–Trinajstić information content (AvgIpc) is 2.42. The van der Waals surface area contributed by atoms with Gasteiger partial charge in [0.2, 0.25) is 0 Å². The van der Waals surface area contributed by atoms with Crippen molar-refractivity contribution in [2.45, 2.75) is 51.0 Å². The number of nitrogens with one attached hydrogen (secondary N) is 1. The molecule has 3 heteroatoms. The molecular formula is C16H24FNO. The van der Waals surface area contributed by atoms with Gasteiger partial charge in [0.1, 0.15) is 5.82 Å². The van der Waals surface area contributed by atoms with Crippen molar-refractivity contribution in [3.63, 3.8) is 0 Å². The normalized spacial score (nSPS) is 27.2. The molecule has 19 heavy (non-hydrogen) atoms. The monoisotopic (exact) mass is 265 g/mol. The van der Waals surface area contributed by atoms with Crippen LogP contribution < -0.4 is 5.32 Å². The van der Waals surface area contributed by atoms with Gasteiger partial charge in [-0.3, -0.25) is 0 Å². The molecular weight excluding hydrogens is 241 g/mol. The zero-order valence-electron chi connectivity index (χ0n) is 11.7. The van der Waals surface area contributed by atoms with E-state index in [1.54, 1.807) is 6.07 Å². The van der Waals surface area contributed by atoms with Crippen molar-refractivity contribution in [3.8, 4) is 0 Å². The Morgan fingerprint density at radius 2 is 2.11 bits per heavy atom. The van der Waals surface area contributed by atoms with Crippen LogP contribution >= 0.6 is 0 Å². The molecule has 0 aromatic heterocycles. The molecule has 2 rings (SSSR count). The second kappa shape index (κ2) is 6.38. The molecule has 0 amide bonds. The van der Waals surface area contributed by atoms with Gasteiger partial charge < -0.3 is 10.4 Å². The molecule has 1 aromatic rings. The minimum absolute atomic E-state index is 0.113. The number of anilines is 1. The molecule has 0 bridgehead atoms. The van der Waals surface area contributed by atoms with Crippen LogP contribution in [0.15, 0.2) is 24.3 Å². The topological polar surface area (TPSA) is 32.3 Å². The zero-order chi connectivity index (χ0) is 13.7. The van der Waals surface area contributed by atoms with Crippen LogP contribution in [0.3, 0.4) is 0 Å². The third-order valence-electron chi connectivity index (χ3n) is 4.30. The number of hydrogen-bond acceptors (Lipinski definition) is 2. The van der Waals surface area contributed by atoms with Gasteiger partial charge in [0.25, 0.3) is 0 Å². The summed E-state index contributed by atoms with van der Waals surface area (Å²) in [6.45, 7) is 2.33. The quantitative estimate of drug-likeness (QED) is 0.844. The summed E-state index contributed by atoms with van der Waals surface area (Å²) in [5.74, 6) is 0.553. The average molecular weight is 265 g/mol. The molecule has 2 N–H and O–H groups in total. The highest BCUT2D eigenvalue weighted by molar-refractivity contribution is 5.46. The van der Waals surface area contributed by atoms with E-state index in [0.717, 1.165) is 37.3 Å². The molecule has 0 spiro atoms. The lowest BCUT2D eigenvalue weighted by molar-refractivity contribution is 0.148. The van der Waals surface area contributed by atoms with E-state index in [2.05, 4.69) is 12.2 Å². The predicted molar refractivity (Wildman–Crippen MR) is 76.7 cm³/mol. The van der Waals surface area contributed by atoms with Crippen molar-refractivity contribution >= 4 is 5.69 Å². The molecule has 2 nitrogen and oxygen atoms in total. The summed E-state index contributed by atoms with van der Waals surface area (Å²) in [5.41, 5.74) is 0.501. The number of aliphatic hydroxyl groups is 1. The van der Waals surface area contributed by atoms with Crippen molar-refractivity contribution in [3.05, 3.63) is 30.1 Å². The maximum absolute atomic E-state index is 13.2. The summed E-state index contributed by atoms with van der Waals surface area (Å²) in [7, 11) is 0. The van der Waals surface area contributed by atoms with E-state index in [4.69, 9.17) is 0 Å². The second-order valence-electron chi connectivity index (χ2n) is 5.81. The Labute approximate surface area is 115 Å². The van der Waals surface area contributed by atoms with E-state index < -0.39 is 0 Å². The van der Waals surface area contributed by atoms with E-state index in [-0.39, 0.29) is 18.0 Å². The van der Waals surface area contributed by atoms with E-state index in [0.29, 0.717) is 0 Å². The molecule has 0 unspecified atom stereocenters. The summed E-state index contributed by atoms with van der Waals surface area (Å²) in [6, 6.07) is 6.49. The summed E-state index contributed by atoms with van der Waals surface area (Å²) < 4.78 is 13.2. The molecule has 0 aliphatic heterocycles. The SMILES string of the molecule is CCCC1CCC(CO)(Nc2cccc(F)c2)CC1. The standard InChI is InChI=1S/C16H24FNO/c1-2-4-13-7-9-16(12-19,10-8-13)18-15-6-3-5-14(17)11-15/h3,5-6,11,13,18-19H,2,4,7-10,12H2,1H3. The molecule has 1 saturated carbocycles. The van der Waals surface area contributed by atoms with Crippen LogP contribution in [0.1, 0.15) is 45.4 Å². The number of aliphatic hydroxyl groups excluding tert-OH is 1. The highest BCUT2D eigenvalue weighted by atomic mass is 19.1. The third-order valence-corrected chi connectivity index (χ3v) is 4.30. The van der Waals surface area contributed by atoms with Gasteiger partial charge in [-0.2, -0.15) is 0 Å². The lowest BCUT2D eigenvalue weighted by Gasteiger charge is -2.40. The van der Waals surface area contributed by atoms with Crippen LogP contribution in [0.4, 0.5) is 10.1 Å². The van der Waals surface area contributed by atoms with E-state index >= 15 is 0 Å². The molecule has 0 saturated heterocycles. The van der Waals surface area contributed by atoms with E-state index in [1.807, 2.05) is 6.07 Å². The Hall–Kier alpha value is -1.09. The fourth-order valence-electron chi connectivity index (χ4n) is 3.12. The molecule has 1 fully saturated rings. The van der Waals surface area contributed by atoms with Crippen LogP contribution in [-0.2, 0) is 0 Å². The smallest absolute Gasteiger partial charge is 0.125 e. The minimum atomic E-state index is -0.266. The first-order valence-corrected chi connectivity index (χ1v) is 7.32. The predicted octanol–water partition coefficient (Wildman–Crippen LogP) is 3.96. The third kappa shape index (κ3) is 3.69. The van der Waals surface area contributed by atoms with Crippen molar-refractivity contribution in [2.75, 3.05) is 11.9 Å². The fraction of sp³-hybridized carbons (Fsp3) is 0.625. The van der Waals surface area contributed by atoms with Gasteiger partial charge in [0, 0.05) is 5.69 Å². The van der Waals surface area contributed by atoms with Gasteiger partial charge in [0.05, 0.1) is 12.1 Å². The van der Waals surface area contributed by atoms with Gasteiger partial charge in [-0.1, -0.05) is 25.8 Å². The Kier molecular flexibility index (Phi) is 4.81. The van der Waals surface area contributed by atoms with Gasteiger partial charge in [-0.15, -0.1) is 0 Å². The largest absolute Gasteiger partial charge is 0.394 e. The summed E-state index contributed by atoms with van der Waals surface area (Å²) in [6.07, 6.45) is 6.73. The first kappa shape index (κ1) is 14.3. The Balaban J connectivity index is 2.00. The summed E-state index contributed by atoms with van der Waals surface area (Å²) in [5, 5.41) is 13.1. The van der Waals surface area contributed by atoms with Gasteiger partial charge >= 0.3 is 0 Å². The molecule has 0 radical (unpaired) electrons. The molecule has 1 aromatic carbocycles. The molecule has 0 heterocycles.